The number of rotatable bonds is 4. The van der Waals surface area contributed by atoms with Gasteiger partial charge in [-0.1, -0.05) is 42.5 Å². The summed E-state index contributed by atoms with van der Waals surface area (Å²) in [5.41, 5.74) is 1.40. The normalized spacial score (nSPS) is 11.4. The van der Waals surface area contributed by atoms with Crippen LogP contribution in [0.15, 0.2) is 66.7 Å². The Morgan fingerprint density at radius 2 is 1.73 bits per heavy atom. The Morgan fingerprint density at radius 3 is 2.50 bits per heavy atom. The lowest BCUT2D eigenvalue weighted by Gasteiger charge is -2.09. The third-order valence-corrected chi connectivity index (χ3v) is 4.03. The highest BCUT2D eigenvalue weighted by atomic mass is 19.1. The molecule has 0 aromatic heterocycles. The number of anilines is 1. The van der Waals surface area contributed by atoms with Gasteiger partial charge in [0, 0.05) is 6.08 Å². The molecule has 5 heteroatoms. The maximum Gasteiger partial charge on any atom is 0.337 e. The zero-order valence-corrected chi connectivity index (χ0v) is 14.0. The summed E-state index contributed by atoms with van der Waals surface area (Å²) in [6.07, 6.45) is 1.40. The average Bonchev–Trinajstić information content (AvgIpc) is 2.62. The smallest absolute Gasteiger partial charge is 0.337 e. The van der Waals surface area contributed by atoms with E-state index in [9.17, 15) is 14.0 Å². The first-order valence-electron chi connectivity index (χ1n) is 7.96. The van der Waals surface area contributed by atoms with E-state index in [0.717, 1.165) is 34.0 Å². The number of fused-ring (bicyclic) bond motifs is 1. The Bertz CT molecular complexity index is 1040. The standard InChI is InChI=1S/C21H16FNO3/c1-13(16-8-4-6-14-5-2-3-7-17(14)16)11-20(24)23-19-10-9-15(22)12-18(19)21(25)26/h2-12H,1H3,(H,23,24)(H,25,26). The molecule has 3 aromatic carbocycles. The first-order chi connectivity index (χ1) is 12.5. The van der Waals surface area contributed by atoms with E-state index in [0.29, 0.717) is 0 Å². The van der Waals surface area contributed by atoms with Crippen molar-refractivity contribution in [2.24, 2.45) is 0 Å². The van der Waals surface area contributed by atoms with Gasteiger partial charge in [-0.15, -0.1) is 0 Å². The molecule has 0 unspecified atom stereocenters. The number of aromatic carboxylic acids is 1. The molecule has 0 heterocycles. The molecule has 26 heavy (non-hydrogen) atoms. The predicted octanol–water partition coefficient (Wildman–Crippen LogP) is 4.72. The van der Waals surface area contributed by atoms with Crippen molar-refractivity contribution >= 4 is 33.9 Å². The van der Waals surface area contributed by atoms with Crippen LogP contribution in [-0.4, -0.2) is 17.0 Å². The van der Waals surface area contributed by atoms with Crippen LogP contribution in [-0.2, 0) is 4.79 Å². The highest BCUT2D eigenvalue weighted by Crippen LogP contribution is 2.25. The summed E-state index contributed by atoms with van der Waals surface area (Å²) < 4.78 is 13.2. The molecule has 0 fully saturated rings. The number of hydrogen-bond donors (Lipinski definition) is 2. The van der Waals surface area contributed by atoms with Gasteiger partial charge in [-0.25, -0.2) is 9.18 Å². The van der Waals surface area contributed by atoms with E-state index in [4.69, 9.17) is 5.11 Å². The second-order valence-electron chi connectivity index (χ2n) is 5.84. The number of nitrogens with one attached hydrogen (secondary N) is 1. The first-order valence-corrected chi connectivity index (χ1v) is 7.96. The fourth-order valence-corrected chi connectivity index (χ4v) is 2.81. The van der Waals surface area contributed by atoms with Crippen molar-refractivity contribution in [3.8, 4) is 0 Å². The van der Waals surface area contributed by atoms with E-state index in [1.165, 1.54) is 12.1 Å². The molecule has 1 amide bonds. The maximum absolute atomic E-state index is 13.2. The van der Waals surface area contributed by atoms with Crippen LogP contribution in [0.2, 0.25) is 0 Å². The van der Waals surface area contributed by atoms with E-state index in [-0.39, 0.29) is 11.3 Å². The van der Waals surface area contributed by atoms with Gasteiger partial charge in [-0.2, -0.15) is 0 Å². The van der Waals surface area contributed by atoms with Crippen LogP contribution < -0.4 is 5.32 Å². The first kappa shape index (κ1) is 17.4. The second-order valence-corrected chi connectivity index (χ2v) is 5.84. The Balaban J connectivity index is 1.90. The van der Waals surface area contributed by atoms with Crippen molar-refractivity contribution < 1.29 is 19.1 Å². The minimum atomic E-state index is -1.31. The Hall–Kier alpha value is -3.47. The highest BCUT2D eigenvalue weighted by Gasteiger charge is 2.13. The van der Waals surface area contributed by atoms with Gasteiger partial charge in [-0.05, 0) is 47.0 Å². The van der Waals surface area contributed by atoms with Gasteiger partial charge in [0.1, 0.15) is 5.82 Å². The van der Waals surface area contributed by atoms with E-state index < -0.39 is 17.7 Å². The molecule has 0 radical (unpaired) electrons. The van der Waals surface area contributed by atoms with Crippen molar-refractivity contribution in [2.45, 2.75) is 6.92 Å². The minimum absolute atomic E-state index is 0.0471. The molecule has 130 valence electrons. The molecule has 0 spiro atoms. The quantitative estimate of drug-likeness (QED) is 0.670. The molecule has 4 nitrogen and oxygen atoms in total. The van der Waals surface area contributed by atoms with Gasteiger partial charge in [0.25, 0.3) is 0 Å². The summed E-state index contributed by atoms with van der Waals surface area (Å²) in [6.45, 7) is 1.81. The summed E-state index contributed by atoms with van der Waals surface area (Å²) in [5, 5.41) is 13.7. The van der Waals surface area contributed by atoms with Crippen LogP contribution in [0, 0.1) is 5.82 Å². The molecule has 0 aliphatic carbocycles. The number of amides is 1. The number of carboxylic acid groups (broad SMARTS) is 1. The number of halogens is 1. The molecule has 0 saturated heterocycles. The number of carboxylic acids is 1. The van der Waals surface area contributed by atoms with Crippen molar-refractivity contribution in [1.29, 1.82) is 0 Å². The fourth-order valence-electron chi connectivity index (χ4n) is 2.81. The molecular weight excluding hydrogens is 333 g/mol. The van der Waals surface area contributed by atoms with Crippen LogP contribution in [0.3, 0.4) is 0 Å². The Kier molecular flexibility index (Phi) is 4.80. The van der Waals surface area contributed by atoms with Gasteiger partial charge in [0.2, 0.25) is 5.91 Å². The summed E-state index contributed by atoms with van der Waals surface area (Å²) in [4.78, 5) is 23.5. The summed E-state index contributed by atoms with van der Waals surface area (Å²) >= 11 is 0. The van der Waals surface area contributed by atoms with Gasteiger partial charge in [0.15, 0.2) is 0 Å². The van der Waals surface area contributed by atoms with Crippen molar-refractivity contribution in [1.82, 2.24) is 0 Å². The lowest BCUT2D eigenvalue weighted by atomic mass is 9.99. The van der Waals surface area contributed by atoms with E-state index >= 15 is 0 Å². The molecule has 0 aliphatic heterocycles. The van der Waals surface area contributed by atoms with E-state index in [1.54, 1.807) is 0 Å². The van der Waals surface area contributed by atoms with Gasteiger partial charge < -0.3 is 10.4 Å². The van der Waals surface area contributed by atoms with E-state index in [1.807, 2.05) is 49.4 Å². The topological polar surface area (TPSA) is 66.4 Å². The van der Waals surface area contributed by atoms with Crippen molar-refractivity contribution in [3.63, 3.8) is 0 Å². The van der Waals surface area contributed by atoms with Gasteiger partial charge in [-0.3, -0.25) is 4.79 Å². The van der Waals surface area contributed by atoms with Crippen molar-refractivity contribution in [2.75, 3.05) is 5.32 Å². The van der Waals surface area contributed by atoms with Crippen LogP contribution in [0.25, 0.3) is 16.3 Å². The SMILES string of the molecule is CC(=CC(=O)Nc1ccc(F)cc1C(=O)O)c1cccc2ccccc12. The molecule has 0 atom stereocenters. The second kappa shape index (κ2) is 7.19. The summed E-state index contributed by atoms with van der Waals surface area (Å²) in [6, 6.07) is 16.9. The fraction of sp³-hybridized carbons (Fsp3) is 0.0476. The third kappa shape index (κ3) is 3.62. The minimum Gasteiger partial charge on any atom is -0.478 e. The lowest BCUT2D eigenvalue weighted by molar-refractivity contribution is -0.111. The monoisotopic (exact) mass is 349 g/mol. The number of carbonyl (C=O) groups is 2. The predicted molar refractivity (Wildman–Crippen MR) is 99.6 cm³/mol. The molecule has 2 N–H and O–H groups in total. The number of allylic oxidation sites excluding steroid dienone is 1. The Labute approximate surface area is 149 Å². The van der Waals surface area contributed by atoms with Gasteiger partial charge in [0.05, 0.1) is 11.3 Å². The Morgan fingerprint density at radius 1 is 1.00 bits per heavy atom. The van der Waals surface area contributed by atoms with Crippen LogP contribution in [0.4, 0.5) is 10.1 Å². The molecule has 0 bridgehead atoms. The lowest BCUT2D eigenvalue weighted by Crippen LogP contribution is -2.12. The number of benzene rings is 3. The zero-order valence-electron chi connectivity index (χ0n) is 14.0. The molecule has 0 saturated carbocycles. The molecule has 3 rings (SSSR count). The largest absolute Gasteiger partial charge is 0.478 e. The molecule has 0 aliphatic rings. The van der Waals surface area contributed by atoms with Crippen LogP contribution in [0.1, 0.15) is 22.8 Å². The number of hydrogen-bond acceptors (Lipinski definition) is 2. The van der Waals surface area contributed by atoms with Crippen LogP contribution in [0.5, 0.6) is 0 Å². The van der Waals surface area contributed by atoms with Gasteiger partial charge >= 0.3 is 5.97 Å². The molecular formula is C21H16FNO3. The average molecular weight is 349 g/mol. The third-order valence-electron chi connectivity index (χ3n) is 4.03. The highest BCUT2D eigenvalue weighted by molar-refractivity contribution is 6.08. The van der Waals surface area contributed by atoms with E-state index in [2.05, 4.69) is 5.32 Å². The van der Waals surface area contributed by atoms with Crippen LogP contribution >= 0.6 is 0 Å². The maximum atomic E-state index is 13.2. The molecule has 3 aromatic rings. The summed E-state index contributed by atoms with van der Waals surface area (Å²) in [7, 11) is 0. The van der Waals surface area contributed by atoms with Crippen molar-refractivity contribution in [3.05, 3.63) is 83.7 Å². The summed E-state index contributed by atoms with van der Waals surface area (Å²) in [5.74, 6) is -2.47. The number of carbonyl (C=O) groups excluding carboxylic acids is 1. The zero-order chi connectivity index (χ0) is 18.7.